The van der Waals surface area contributed by atoms with Crippen LogP contribution in [-0.2, 0) is 4.79 Å². The quantitative estimate of drug-likeness (QED) is 0.515. The van der Waals surface area contributed by atoms with Crippen LogP contribution in [0.5, 0.6) is 0 Å². The zero-order valence-corrected chi connectivity index (χ0v) is 20.2. The van der Waals surface area contributed by atoms with Crippen molar-refractivity contribution in [3.05, 3.63) is 0 Å². The summed E-state index contributed by atoms with van der Waals surface area (Å²) in [5.41, 5.74) is 0.259. The molecule has 10 unspecified atom stereocenters. The maximum Gasteiger partial charge on any atom is 0.306 e. The fourth-order valence-corrected chi connectivity index (χ4v) is 9.22. The van der Waals surface area contributed by atoms with Crippen molar-refractivity contribution in [2.45, 2.75) is 111 Å². The van der Waals surface area contributed by atoms with Gasteiger partial charge < -0.3 is 15.3 Å². The molecule has 4 aliphatic rings. The van der Waals surface area contributed by atoms with E-state index in [-0.39, 0.29) is 17.4 Å². The smallest absolute Gasteiger partial charge is 0.306 e. The number of fused-ring (bicyclic) bond motifs is 5. The third-order valence-corrected chi connectivity index (χ3v) is 10.8. The van der Waals surface area contributed by atoms with Crippen molar-refractivity contribution in [3.63, 3.8) is 0 Å². The molecule has 178 valence electrons. The number of aliphatic carboxylic acids is 1. The molecule has 4 fully saturated rings. The summed E-state index contributed by atoms with van der Waals surface area (Å²) in [6.07, 6.45) is 10.5. The summed E-state index contributed by atoms with van der Waals surface area (Å²) >= 11 is 0. The topological polar surface area (TPSA) is 77.8 Å². The summed E-state index contributed by atoms with van der Waals surface area (Å²) in [5.74, 6) is 1.72. The van der Waals surface area contributed by atoms with E-state index in [0.717, 1.165) is 44.9 Å². The fraction of sp³-hybridized carbons (Fsp3) is 0.963. The largest absolute Gasteiger partial charge is 0.481 e. The highest BCUT2D eigenvalue weighted by atomic mass is 16.4. The zero-order valence-electron chi connectivity index (χ0n) is 20.2. The predicted molar refractivity (Wildman–Crippen MR) is 122 cm³/mol. The van der Waals surface area contributed by atoms with Gasteiger partial charge in [0.2, 0.25) is 0 Å². The number of carboxylic acids is 1. The third-order valence-electron chi connectivity index (χ3n) is 10.8. The van der Waals surface area contributed by atoms with Crippen LogP contribution in [0.2, 0.25) is 0 Å². The Morgan fingerprint density at radius 2 is 1.65 bits per heavy atom. The summed E-state index contributed by atoms with van der Waals surface area (Å²) in [6.45, 7) is 9.20. The van der Waals surface area contributed by atoms with Crippen LogP contribution in [0.4, 0.5) is 0 Å². The molecule has 10 atom stereocenters. The monoisotopic (exact) mass is 434 g/mol. The van der Waals surface area contributed by atoms with Gasteiger partial charge in [-0.2, -0.15) is 0 Å². The van der Waals surface area contributed by atoms with Crippen LogP contribution in [0.3, 0.4) is 0 Å². The number of hydrogen-bond donors (Lipinski definition) is 3. The minimum Gasteiger partial charge on any atom is -0.481 e. The summed E-state index contributed by atoms with van der Waals surface area (Å²) in [6, 6.07) is 0. The molecule has 3 N–H and O–H groups in total. The first-order valence-electron chi connectivity index (χ1n) is 13.2. The maximum absolute atomic E-state index is 12.3. The van der Waals surface area contributed by atoms with E-state index < -0.39 is 18.0 Å². The van der Waals surface area contributed by atoms with Gasteiger partial charge in [-0.05, 0) is 98.2 Å². The van der Waals surface area contributed by atoms with E-state index in [1.165, 1.54) is 19.3 Å². The molecule has 0 amide bonds. The highest BCUT2D eigenvalue weighted by molar-refractivity contribution is 5.70. The second-order valence-electron chi connectivity index (χ2n) is 12.7. The Hall–Kier alpha value is -0.610. The molecule has 0 bridgehead atoms. The molecule has 4 nitrogen and oxygen atoms in total. The Labute approximate surface area is 189 Å². The summed E-state index contributed by atoms with van der Waals surface area (Å²) < 4.78 is 0. The number of rotatable bonds is 6. The van der Waals surface area contributed by atoms with Gasteiger partial charge in [0.25, 0.3) is 0 Å². The van der Waals surface area contributed by atoms with Gasteiger partial charge in [-0.1, -0.05) is 40.5 Å². The molecule has 31 heavy (non-hydrogen) atoms. The van der Waals surface area contributed by atoms with Crippen molar-refractivity contribution in [2.75, 3.05) is 0 Å². The van der Waals surface area contributed by atoms with Crippen LogP contribution in [0.1, 0.15) is 98.3 Å². The van der Waals surface area contributed by atoms with Gasteiger partial charge in [0.05, 0.1) is 18.1 Å². The fourth-order valence-electron chi connectivity index (χ4n) is 9.22. The first-order chi connectivity index (χ1) is 14.6. The van der Waals surface area contributed by atoms with Gasteiger partial charge in [-0.25, -0.2) is 0 Å². The molecule has 0 spiro atoms. The van der Waals surface area contributed by atoms with Gasteiger partial charge in [-0.15, -0.1) is 0 Å². The lowest BCUT2D eigenvalue weighted by Crippen LogP contribution is -2.54. The molecule has 4 rings (SSSR count). The van der Waals surface area contributed by atoms with Crippen molar-refractivity contribution in [3.8, 4) is 0 Å². The highest BCUT2D eigenvalue weighted by Gasteiger charge is 2.63. The molecule has 0 aromatic carbocycles. The third kappa shape index (κ3) is 3.98. The van der Waals surface area contributed by atoms with Crippen LogP contribution in [0, 0.1) is 52.3 Å². The number of aliphatic hydroxyl groups is 2. The number of hydrogen-bond acceptors (Lipinski definition) is 3. The molecule has 4 heteroatoms. The molecule has 0 saturated heterocycles. The molecule has 0 aromatic heterocycles. The van der Waals surface area contributed by atoms with E-state index in [1.807, 2.05) is 0 Å². The van der Waals surface area contributed by atoms with E-state index >= 15 is 0 Å². The molecule has 4 aliphatic carbocycles. The van der Waals surface area contributed by atoms with Gasteiger partial charge in [0.1, 0.15) is 0 Å². The Bertz CT molecular complexity index is 662. The first-order valence-corrected chi connectivity index (χ1v) is 13.2. The molecule has 0 heterocycles. The molecule has 0 radical (unpaired) electrons. The molecule has 0 aromatic rings. The summed E-state index contributed by atoms with van der Waals surface area (Å²) in [5, 5.41) is 31.6. The first kappa shape index (κ1) is 23.5. The lowest BCUT2D eigenvalue weighted by Gasteiger charge is -2.61. The Kier molecular flexibility index (Phi) is 6.55. The Balaban J connectivity index is 1.56. The van der Waals surface area contributed by atoms with E-state index in [9.17, 15) is 20.1 Å². The van der Waals surface area contributed by atoms with E-state index in [4.69, 9.17) is 0 Å². The maximum atomic E-state index is 12.3. The van der Waals surface area contributed by atoms with Crippen molar-refractivity contribution in [1.29, 1.82) is 0 Å². The van der Waals surface area contributed by atoms with Gasteiger partial charge >= 0.3 is 5.97 Å². The standard InChI is InChI=1S/C27H46O4/c1-16(2)6-5-7-20(25(30)31)24-23(29)15-22-19-9-8-17-14-18(28)10-12-26(17,3)21(19)11-13-27(22,24)4/h16-24,28-29H,5-15H2,1-4H3,(H,30,31). The summed E-state index contributed by atoms with van der Waals surface area (Å²) in [7, 11) is 0. The van der Waals surface area contributed by atoms with Crippen LogP contribution >= 0.6 is 0 Å². The van der Waals surface area contributed by atoms with Crippen LogP contribution in [-0.4, -0.2) is 33.5 Å². The van der Waals surface area contributed by atoms with Crippen LogP contribution < -0.4 is 0 Å². The van der Waals surface area contributed by atoms with Crippen molar-refractivity contribution in [1.82, 2.24) is 0 Å². The van der Waals surface area contributed by atoms with Crippen LogP contribution in [0.15, 0.2) is 0 Å². The normalized spacial score (nSPS) is 48.0. The second kappa shape index (κ2) is 8.63. The van der Waals surface area contributed by atoms with E-state index in [1.54, 1.807) is 0 Å². The van der Waals surface area contributed by atoms with E-state index in [2.05, 4.69) is 27.7 Å². The Morgan fingerprint density at radius 3 is 2.32 bits per heavy atom. The van der Waals surface area contributed by atoms with Crippen molar-refractivity contribution >= 4 is 5.97 Å². The average molecular weight is 435 g/mol. The average Bonchev–Trinajstić information content (AvgIpc) is 2.96. The number of carbonyl (C=O) groups is 1. The lowest BCUT2D eigenvalue weighted by atomic mass is 9.44. The highest BCUT2D eigenvalue weighted by Crippen LogP contribution is 2.68. The second-order valence-corrected chi connectivity index (χ2v) is 12.7. The van der Waals surface area contributed by atoms with Crippen LogP contribution in [0.25, 0.3) is 0 Å². The molecular formula is C27H46O4. The van der Waals surface area contributed by atoms with Crippen molar-refractivity contribution in [2.24, 2.45) is 52.3 Å². The van der Waals surface area contributed by atoms with E-state index in [0.29, 0.717) is 41.4 Å². The molecule has 4 saturated carbocycles. The minimum absolute atomic E-state index is 0.0567. The Morgan fingerprint density at radius 1 is 0.935 bits per heavy atom. The predicted octanol–water partition coefficient (Wildman–Crippen LogP) is 5.50. The summed E-state index contributed by atoms with van der Waals surface area (Å²) in [4.78, 5) is 12.3. The number of aliphatic hydroxyl groups excluding tert-OH is 2. The lowest BCUT2D eigenvalue weighted by molar-refractivity contribution is -0.153. The SMILES string of the molecule is CC(C)CCCC(C(=O)O)C1C(O)CC2C3CCC4CC(O)CCC4(C)C3CCC21C. The van der Waals surface area contributed by atoms with Gasteiger partial charge in [0, 0.05) is 5.92 Å². The zero-order chi connectivity index (χ0) is 22.6. The molecular weight excluding hydrogens is 388 g/mol. The minimum atomic E-state index is -0.700. The van der Waals surface area contributed by atoms with Crippen molar-refractivity contribution < 1.29 is 20.1 Å². The van der Waals surface area contributed by atoms with Gasteiger partial charge in [0.15, 0.2) is 0 Å². The van der Waals surface area contributed by atoms with Gasteiger partial charge in [-0.3, -0.25) is 4.79 Å². The number of carboxylic acid groups (broad SMARTS) is 1. The molecule has 0 aliphatic heterocycles.